The molecule has 1 aromatic heterocycles. The van der Waals surface area contributed by atoms with E-state index in [0.717, 1.165) is 0 Å². The molecule has 4 N–H and O–H groups in total. The number of halogens is 1. The van der Waals surface area contributed by atoms with Crippen LogP contribution in [-0.2, 0) is 16.1 Å². The molecule has 0 spiro atoms. The van der Waals surface area contributed by atoms with Gasteiger partial charge in [0, 0.05) is 7.11 Å². The monoisotopic (exact) mass is 266 g/mol. The molecule has 1 amide bonds. The molecule has 1 atom stereocenters. The highest BCUT2D eigenvalue weighted by Crippen LogP contribution is 2.12. The SMILES string of the molecule is COCC(N)C(=O)NCc1nc2ccc(F)cc2[nH]1. The molecule has 1 unspecified atom stereocenters. The molecule has 19 heavy (non-hydrogen) atoms. The number of carbonyl (C=O) groups excluding carboxylic acids is 1. The highest BCUT2D eigenvalue weighted by molar-refractivity contribution is 5.81. The zero-order valence-electron chi connectivity index (χ0n) is 10.4. The molecule has 0 saturated carbocycles. The van der Waals surface area contributed by atoms with Gasteiger partial charge >= 0.3 is 0 Å². The quantitative estimate of drug-likeness (QED) is 0.725. The van der Waals surface area contributed by atoms with Crippen molar-refractivity contribution in [3.63, 3.8) is 0 Å². The van der Waals surface area contributed by atoms with Crippen LogP contribution in [0.4, 0.5) is 4.39 Å². The van der Waals surface area contributed by atoms with E-state index in [9.17, 15) is 9.18 Å². The van der Waals surface area contributed by atoms with E-state index in [2.05, 4.69) is 15.3 Å². The van der Waals surface area contributed by atoms with Gasteiger partial charge in [0.15, 0.2) is 0 Å². The standard InChI is InChI=1S/C12H15FN4O2/c1-19-6-8(14)12(18)15-5-11-16-9-3-2-7(13)4-10(9)17-11/h2-4,8H,5-6,14H2,1H3,(H,15,18)(H,16,17). The normalized spacial score (nSPS) is 12.6. The van der Waals surface area contributed by atoms with Crippen LogP contribution in [0.25, 0.3) is 11.0 Å². The number of nitrogens with zero attached hydrogens (tertiary/aromatic N) is 1. The molecule has 6 nitrogen and oxygen atoms in total. The Morgan fingerprint density at radius 1 is 1.63 bits per heavy atom. The van der Waals surface area contributed by atoms with Crippen molar-refractivity contribution in [2.24, 2.45) is 5.73 Å². The molecule has 0 bridgehead atoms. The summed E-state index contributed by atoms with van der Waals surface area (Å²) in [7, 11) is 1.47. The number of aromatic nitrogens is 2. The van der Waals surface area contributed by atoms with Gasteiger partial charge < -0.3 is 20.8 Å². The molecule has 0 aliphatic carbocycles. The number of nitrogens with two attached hydrogens (primary N) is 1. The van der Waals surface area contributed by atoms with Gasteiger partial charge in [0.25, 0.3) is 0 Å². The van der Waals surface area contributed by atoms with Crippen LogP contribution < -0.4 is 11.1 Å². The van der Waals surface area contributed by atoms with Crippen molar-refractivity contribution >= 4 is 16.9 Å². The maximum Gasteiger partial charge on any atom is 0.239 e. The maximum atomic E-state index is 13.0. The Hall–Kier alpha value is -1.99. The number of carbonyl (C=O) groups is 1. The Kier molecular flexibility index (Phi) is 4.08. The van der Waals surface area contributed by atoms with Gasteiger partial charge in [-0.05, 0) is 18.2 Å². The van der Waals surface area contributed by atoms with Crippen molar-refractivity contribution in [1.82, 2.24) is 15.3 Å². The van der Waals surface area contributed by atoms with Gasteiger partial charge in [0.1, 0.15) is 17.7 Å². The third-order valence-electron chi connectivity index (χ3n) is 2.61. The molecule has 0 aliphatic rings. The fourth-order valence-electron chi connectivity index (χ4n) is 1.68. The summed E-state index contributed by atoms with van der Waals surface area (Å²) in [5.41, 5.74) is 6.80. The lowest BCUT2D eigenvalue weighted by Crippen LogP contribution is -2.43. The van der Waals surface area contributed by atoms with Crippen molar-refractivity contribution in [3.8, 4) is 0 Å². The molecule has 2 rings (SSSR count). The maximum absolute atomic E-state index is 13.0. The molecule has 1 aromatic carbocycles. The van der Waals surface area contributed by atoms with Gasteiger partial charge in [-0.1, -0.05) is 0 Å². The van der Waals surface area contributed by atoms with Gasteiger partial charge in [-0.25, -0.2) is 9.37 Å². The summed E-state index contributed by atoms with van der Waals surface area (Å²) in [6.07, 6.45) is 0. The predicted octanol–water partition coefficient (Wildman–Crippen LogP) is 0.292. The fraction of sp³-hybridized carbons (Fsp3) is 0.333. The smallest absolute Gasteiger partial charge is 0.239 e. The number of rotatable bonds is 5. The highest BCUT2D eigenvalue weighted by atomic mass is 19.1. The Morgan fingerprint density at radius 2 is 2.42 bits per heavy atom. The minimum Gasteiger partial charge on any atom is -0.383 e. The number of hydrogen-bond acceptors (Lipinski definition) is 4. The minimum absolute atomic E-state index is 0.150. The van der Waals surface area contributed by atoms with E-state index >= 15 is 0 Å². The molecule has 102 valence electrons. The van der Waals surface area contributed by atoms with E-state index in [4.69, 9.17) is 10.5 Å². The molecule has 2 aromatic rings. The number of benzene rings is 1. The summed E-state index contributed by atoms with van der Waals surface area (Å²) in [6.45, 7) is 0.351. The van der Waals surface area contributed by atoms with Gasteiger partial charge in [-0.3, -0.25) is 4.79 Å². The summed E-state index contributed by atoms with van der Waals surface area (Å²) in [5, 5.41) is 2.63. The lowest BCUT2D eigenvalue weighted by molar-refractivity contribution is -0.123. The van der Waals surface area contributed by atoms with E-state index in [1.165, 1.54) is 19.2 Å². The van der Waals surface area contributed by atoms with Crippen molar-refractivity contribution in [2.75, 3.05) is 13.7 Å². The molecule has 0 saturated heterocycles. The molecule has 1 heterocycles. The lowest BCUT2D eigenvalue weighted by atomic mass is 10.3. The number of methoxy groups -OCH3 is 1. The minimum atomic E-state index is -0.716. The second-order valence-corrected chi connectivity index (χ2v) is 4.12. The van der Waals surface area contributed by atoms with E-state index in [0.29, 0.717) is 16.9 Å². The Balaban J connectivity index is 2.00. The number of amides is 1. The number of H-pyrrole nitrogens is 1. The molecular formula is C12H15FN4O2. The van der Waals surface area contributed by atoms with Crippen LogP contribution in [0, 0.1) is 5.82 Å². The molecule has 0 radical (unpaired) electrons. The first-order chi connectivity index (χ1) is 9.10. The van der Waals surface area contributed by atoms with E-state index in [-0.39, 0.29) is 24.9 Å². The van der Waals surface area contributed by atoms with Gasteiger partial charge in [-0.15, -0.1) is 0 Å². The van der Waals surface area contributed by atoms with E-state index < -0.39 is 6.04 Å². The second kappa shape index (κ2) is 5.77. The molecule has 0 aliphatic heterocycles. The topological polar surface area (TPSA) is 93.0 Å². The van der Waals surface area contributed by atoms with Crippen molar-refractivity contribution < 1.29 is 13.9 Å². The molecule has 0 fully saturated rings. The summed E-state index contributed by atoms with van der Waals surface area (Å²) >= 11 is 0. The Morgan fingerprint density at radius 3 is 3.16 bits per heavy atom. The Bertz CT molecular complexity index is 584. The van der Waals surface area contributed by atoms with Crippen molar-refractivity contribution in [3.05, 3.63) is 29.8 Å². The molecule has 7 heteroatoms. The van der Waals surface area contributed by atoms with Crippen LogP contribution in [0.5, 0.6) is 0 Å². The highest BCUT2D eigenvalue weighted by Gasteiger charge is 2.13. The van der Waals surface area contributed by atoms with Gasteiger partial charge in [0.2, 0.25) is 5.91 Å². The number of ether oxygens (including phenoxy) is 1. The van der Waals surface area contributed by atoms with Gasteiger partial charge in [-0.2, -0.15) is 0 Å². The van der Waals surface area contributed by atoms with Crippen LogP contribution in [0.15, 0.2) is 18.2 Å². The summed E-state index contributed by atoms with van der Waals surface area (Å²) in [6, 6.07) is 3.54. The summed E-state index contributed by atoms with van der Waals surface area (Å²) in [4.78, 5) is 18.7. The second-order valence-electron chi connectivity index (χ2n) is 4.12. The summed E-state index contributed by atoms with van der Waals surface area (Å²) < 4.78 is 17.8. The summed E-state index contributed by atoms with van der Waals surface area (Å²) in [5.74, 6) is -0.124. The number of fused-ring (bicyclic) bond motifs is 1. The predicted molar refractivity (Wildman–Crippen MR) is 67.7 cm³/mol. The van der Waals surface area contributed by atoms with Crippen molar-refractivity contribution in [2.45, 2.75) is 12.6 Å². The zero-order chi connectivity index (χ0) is 13.8. The Labute approximate surface area is 109 Å². The van der Waals surface area contributed by atoms with Crippen molar-refractivity contribution in [1.29, 1.82) is 0 Å². The lowest BCUT2D eigenvalue weighted by Gasteiger charge is -2.09. The number of aromatic amines is 1. The number of nitrogens with one attached hydrogen (secondary N) is 2. The fourth-order valence-corrected chi connectivity index (χ4v) is 1.68. The third-order valence-corrected chi connectivity index (χ3v) is 2.61. The number of imidazole rings is 1. The first-order valence-electron chi connectivity index (χ1n) is 5.76. The van der Waals surface area contributed by atoms with Crippen LogP contribution in [0.1, 0.15) is 5.82 Å². The largest absolute Gasteiger partial charge is 0.383 e. The average molecular weight is 266 g/mol. The van der Waals surface area contributed by atoms with E-state index in [1.54, 1.807) is 6.07 Å². The van der Waals surface area contributed by atoms with Crippen LogP contribution in [0.2, 0.25) is 0 Å². The van der Waals surface area contributed by atoms with Gasteiger partial charge in [0.05, 0.1) is 24.2 Å². The molecular weight excluding hydrogens is 251 g/mol. The first kappa shape index (κ1) is 13.4. The third kappa shape index (κ3) is 3.27. The average Bonchev–Trinajstić information content (AvgIpc) is 2.78. The van der Waals surface area contributed by atoms with Crippen LogP contribution in [0.3, 0.4) is 0 Å². The zero-order valence-corrected chi connectivity index (χ0v) is 10.4. The van der Waals surface area contributed by atoms with E-state index in [1.807, 2.05) is 0 Å². The van der Waals surface area contributed by atoms with Crippen LogP contribution >= 0.6 is 0 Å². The first-order valence-corrected chi connectivity index (χ1v) is 5.76. The van der Waals surface area contributed by atoms with Crippen LogP contribution in [-0.4, -0.2) is 35.6 Å². The number of hydrogen-bond donors (Lipinski definition) is 3.